The lowest BCUT2D eigenvalue weighted by Gasteiger charge is -2.30. The van der Waals surface area contributed by atoms with Crippen LogP contribution in [0.5, 0.6) is 0 Å². The first-order valence-corrected chi connectivity index (χ1v) is 6.71. The Morgan fingerprint density at radius 3 is 2.41 bits per heavy atom. The van der Waals surface area contributed by atoms with Crippen LogP contribution in [0.4, 0.5) is 0 Å². The molecular weight excluding hydrogens is 212 g/mol. The number of carbonyl (C=O) groups is 1. The first-order valence-electron chi connectivity index (χ1n) is 6.71. The van der Waals surface area contributed by atoms with E-state index in [2.05, 4.69) is 12.2 Å². The Bertz CT molecular complexity index is 296. The first-order chi connectivity index (χ1) is 7.99. The second-order valence-electron chi connectivity index (χ2n) is 5.72. The van der Waals surface area contributed by atoms with Gasteiger partial charge in [0.25, 0.3) is 0 Å². The summed E-state index contributed by atoms with van der Waals surface area (Å²) in [5, 5.41) is 11.9. The molecule has 17 heavy (non-hydrogen) atoms. The normalized spacial score (nSPS) is 25.1. The van der Waals surface area contributed by atoms with Gasteiger partial charge in [-0.25, -0.2) is 0 Å². The Morgan fingerprint density at radius 2 is 1.94 bits per heavy atom. The van der Waals surface area contributed by atoms with Crippen LogP contribution in [0, 0.1) is 22.7 Å². The number of nitrogens with zero attached hydrogens (tertiary/aromatic N) is 1. The number of carbonyl (C=O) groups excluding carboxylic acids is 1. The van der Waals surface area contributed by atoms with Gasteiger partial charge in [0.2, 0.25) is 5.91 Å². The molecule has 1 N–H and O–H groups in total. The third-order valence-corrected chi connectivity index (χ3v) is 3.73. The Kier molecular flexibility index (Phi) is 4.99. The molecule has 3 nitrogen and oxygen atoms in total. The molecule has 0 atom stereocenters. The van der Waals surface area contributed by atoms with E-state index in [1.165, 1.54) is 25.7 Å². The molecule has 0 heterocycles. The Labute approximate surface area is 105 Å². The lowest BCUT2D eigenvalue weighted by Crippen LogP contribution is -2.43. The Hall–Kier alpha value is -1.04. The van der Waals surface area contributed by atoms with Crippen LogP contribution in [0.25, 0.3) is 0 Å². The molecule has 0 aromatic rings. The van der Waals surface area contributed by atoms with E-state index in [0.717, 1.165) is 18.8 Å². The van der Waals surface area contributed by atoms with Gasteiger partial charge in [-0.15, -0.1) is 0 Å². The van der Waals surface area contributed by atoms with Gasteiger partial charge in [-0.1, -0.05) is 19.8 Å². The van der Waals surface area contributed by atoms with Crippen molar-refractivity contribution in [1.29, 1.82) is 5.26 Å². The molecule has 1 saturated carbocycles. The molecule has 0 aromatic carbocycles. The summed E-state index contributed by atoms with van der Waals surface area (Å²) >= 11 is 0. The van der Waals surface area contributed by atoms with Crippen LogP contribution in [0.1, 0.15) is 59.3 Å². The summed E-state index contributed by atoms with van der Waals surface area (Å²) in [5.41, 5.74) is -0.903. The van der Waals surface area contributed by atoms with E-state index in [-0.39, 0.29) is 11.9 Å². The van der Waals surface area contributed by atoms with Crippen LogP contribution in [0.3, 0.4) is 0 Å². The molecular formula is C14H24N2O. The predicted octanol–water partition coefficient (Wildman–Crippen LogP) is 3.01. The van der Waals surface area contributed by atoms with Crippen molar-refractivity contribution in [2.24, 2.45) is 11.3 Å². The largest absolute Gasteiger partial charge is 0.352 e. The SMILES string of the molecule is CCCC1CCC(NC(=O)C(C)(C)C#N)CC1. The third-order valence-electron chi connectivity index (χ3n) is 3.73. The van der Waals surface area contributed by atoms with Gasteiger partial charge in [0.1, 0.15) is 5.41 Å². The first kappa shape index (κ1) is 14.0. The van der Waals surface area contributed by atoms with Gasteiger partial charge < -0.3 is 5.32 Å². The minimum Gasteiger partial charge on any atom is -0.352 e. The van der Waals surface area contributed by atoms with Crippen molar-refractivity contribution >= 4 is 5.91 Å². The second-order valence-corrected chi connectivity index (χ2v) is 5.72. The lowest BCUT2D eigenvalue weighted by molar-refractivity contribution is -0.127. The summed E-state index contributed by atoms with van der Waals surface area (Å²) < 4.78 is 0. The average Bonchev–Trinajstić information content (AvgIpc) is 2.32. The molecule has 0 unspecified atom stereocenters. The summed E-state index contributed by atoms with van der Waals surface area (Å²) in [7, 11) is 0. The quantitative estimate of drug-likeness (QED) is 0.815. The summed E-state index contributed by atoms with van der Waals surface area (Å²) in [5.74, 6) is 0.719. The maximum atomic E-state index is 11.8. The summed E-state index contributed by atoms with van der Waals surface area (Å²) in [6.45, 7) is 5.57. The maximum Gasteiger partial charge on any atom is 0.240 e. The second kappa shape index (κ2) is 6.05. The van der Waals surface area contributed by atoms with E-state index in [1.807, 2.05) is 6.07 Å². The van der Waals surface area contributed by atoms with E-state index < -0.39 is 5.41 Å². The van der Waals surface area contributed by atoms with Crippen LogP contribution in [-0.2, 0) is 4.79 Å². The van der Waals surface area contributed by atoms with Crippen molar-refractivity contribution in [1.82, 2.24) is 5.32 Å². The number of rotatable bonds is 4. The molecule has 1 aliphatic carbocycles. The van der Waals surface area contributed by atoms with E-state index in [0.29, 0.717) is 0 Å². The zero-order chi connectivity index (χ0) is 12.9. The van der Waals surface area contributed by atoms with Crippen LogP contribution in [0.15, 0.2) is 0 Å². The minimum atomic E-state index is -0.903. The van der Waals surface area contributed by atoms with Crippen molar-refractivity contribution in [2.75, 3.05) is 0 Å². The highest BCUT2D eigenvalue weighted by Crippen LogP contribution is 2.28. The van der Waals surface area contributed by atoms with Crippen LogP contribution < -0.4 is 5.32 Å². The highest BCUT2D eigenvalue weighted by Gasteiger charge is 2.30. The highest BCUT2D eigenvalue weighted by atomic mass is 16.2. The molecule has 0 bridgehead atoms. The van der Waals surface area contributed by atoms with E-state index in [9.17, 15) is 4.79 Å². The number of hydrogen-bond donors (Lipinski definition) is 1. The van der Waals surface area contributed by atoms with Crippen LogP contribution >= 0.6 is 0 Å². The lowest BCUT2D eigenvalue weighted by atomic mass is 9.83. The van der Waals surface area contributed by atoms with Crippen LogP contribution in [-0.4, -0.2) is 11.9 Å². The standard InChI is InChI=1S/C14H24N2O/c1-4-5-11-6-8-12(9-7-11)16-13(17)14(2,3)10-15/h11-12H,4-9H2,1-3H3,(H,16,17). The fourth-order valence-corrected chi connectivity index (χ4v) is 2.42. The molecule has 0 aliphatic heterocycles. The Balaban J connectivity index is 2.36. The monoisotopic (exact) mass is 236 g/mol. The molecule has 1 rings (SSSR count). The molecule has 1 amide bonds. The van der Waals surface area contributed by atoms with Crippen LogP contribution in [0.2, 0.25) is 0 Å². The summed E-state index contributed by atoms with van der Waals surface area (Å²) in [4.78, 5) is 11.8. The van der Waals surface area contributed by atoms with Gasteiger partial charge in [-0.3, -0.25) is 4.79 Å². The molecule has 0 aromatic heterocycles. The zero-order valence-corrected chi connectivity index (χ0v) is 11.3. The summed E-state index contributed by atoms with van der Waals surface area (Å²) in [6.07, 6.45) is 7.13. The predicted molar refractivity (Wildman–Crippen MR) is 68.2 cm³/mol. The van der Waals surface area contributed by atoms with Gasteiger partial charge >= 0.3 is 0 Å². The van der Waals surface area contributed by atoms with Crippen molar-refractivity contribution in [3.8, 4) is 6.07 Å². The number of hydrogen-bond acceptors (Lipinski definition) is 2. The van der Waals surface area contributed by atoms with Crippen molar-refractivity contribution in [3.05, 3.63) is 0 Å². The zero-order valence-electron chi connectivity index (χ0n) is 11.3. The maximum absolute atomic E-state index is 11.8. The van der Waals surface area contributed by atoms with Gasteiger partial charge in [0.15, 0.2) is 0 Å². The van der Waals surface area contributed by atoms with Crippen molar-refractivity contribution < 1.29 is 4.79 Å². The third kappa shape index (κ3) is 4.03. The molecule has 96 valence electrons. The molecule has 0 spiro atoms. The van der Waals surface area contributed by atoms with Gasteiger partial charge in [-0.2, -0.15) is 5.26 Å². The molecule has 0 saturated heterocycles. The molecule has 1 aliphatic rings. The minimum absolute atomic E-state index is 0.126. The van der Waals surface area contributed by atoms with Gasteiger partial charge in [0, 0.05) is 6.04 Å². The van der Waals surface area contributed by atoms with E-state index in [4.69, 9.17) is 5.26 Å². The molecule has 1 fully saturated rings. The topological polar surface area (TPSA) is 52.9 Å². The van der Waals surface area contributed by atoms with E-state index >= 15 is 0 Å². The number of nitrogens with one attached hydrogen (secondary N) is 1. The Morgan fingerprint density at radius 1 is 1.35 bits per heavy atom. The van der Waals surface area contributed by atoms with Gasteiger partial charge in [0.05, 0.1) is 6.07 Å². The fourth-order valence-electron chi connectivity index (χ4n) is 2.42. The number of nitriles is 1. The molecule has 0 radical (unpaired) electrons. The summed E-state index contributed by atoms with van der Waals surface area (Å²) in [6, 6.07) is 2.33. The smallest absolute Gasteiger partial charge is 0.240 e. The highest BCUT2D eigenvalue weighted by molar-refractivity contribution is 5.84. The van der Waals surface area contributed by atoms with Crippen molar-refractivity contribution in [2.45, 2.75) is 65.3 Å². The molecule has 3 heteroatoms. The van der Waals surface area contributed by atoms with E-state index in [1.54, 1.807) is 13.8 Å². The number of amides is 1. The average molecular weight is 236 g/mol. The van der Waals surface area contributed by atoms with Crippen molar-refractivity contribution in [3.63, 3.8) is 0 Å². The van der Waals surface area contributed by atoms with Gasteiger partial charge in [-0.05, 0) is 45.4 Å². The fraction of sp³-hybridized carbons (Fsp3) is 0.857.